The average Bonchev–Trinajstić information content (AvgIpc) is 0.805. The van der Waals surface area contributed by atoms with E-state index in [1.165, 1.54) is 146 Å². The highest BCUT2D eigenvalue weighted by Gasteiger charge is 2.54. The number of benzene rings is 7. The predicted molar refractivity (Wildman–Crippen MR) is 332 cm³/mol. The molecule has 12 unspecified atom stereocenters. The van der Waals surface area contributed by atoms with Crippen molar-refractivity contribution in [3.63, 3.8) is 0 Å². The monoisotopic (exact) mass is 1320 g/mol. The number of esters is 9. The maximum absolute atomic E-state index is 14.3. The summed E-state index contributed by atoms with van der Waals surface area (Å²) in [5, 5.41) is 47.1. The van der Waals surface area contributed by atoms with Crippen LogP contribution in [0.4, 0.5) is 0 Å². The van der Waals surface area contributed by atoms with E-state index < -0.39 is 166 Å². The summed E-state index contributed by atoms with van der Waals surface area (Å²) in [6.45, 7) is -0.473. The molecule has 7 aromatic carbocycles. The molecule has 25 nitrogen and oxygen atoms in total. The van der Waals surface area contributed by atoms with E-state index in [-0.39, 0.29) is 38.9 Å². The van der Waals surface area contributed by atoms with E-state index in [0.29, 0.717) is 0 Å². The lowest BCUT2D eigenvalue weighted by Crippen LogP contribution is -2.64. The van der Waals surface area contributed by atoms with Crippen LogP contribution in [0.5, 0.6) is 0 Å². The molecule has 8 rings (SSSR count). The van der Waals surface area contributed by atoms with Crippen LogP contribution < -0.4 is 0 Å². The minimum atomic E-state index is -2.74. The Morgan fingerprint density at radius 1 is 0.385 bits per heavy atom. The quantitative estimate of drug-likeness (QED) is 0.0202. The van der Waals surface area contributed by atoms with Gasteiger partial charge >= 0.3 is 53.7 Å². The number of aliphatic hydroxyl groups is 4. The van der Waals surface area contributed by atoms with Gasteiger partial charge in [0.05, 0.1) is 52.2 Å². The second-order valence-corrected chi connectivity index (χ2v) is 21.3. The van der Waals surface area contributed by atoms with Crippen molar-refractivity contribution in [2.75, 3.05) is 19.8 Å². The molecular formula is C71H68O25. The zero-order chi connectivity index (χ0) is 68.5. The van der Waals surface area contributed by atoms with Crippen molar-refractivity contribution in [2.24, 2.45) is 0 Å². The molecule has 0 bridgehead atoms. The van der Waals surface area contributed by atoms with Gasteiger partial charge in [-0.05, 0) is 84.9 Å². The first kappa shape index (κ1) is 71.3. The Labute approximate surface area is 549 Å². The lowest BCUT2D eigenvalue weighted by molar-refractivity contribution is -0.330. The lowest BCUT2D eigenvalue weighted by Gasteiger charge is -2.45. The maximum atomic E-state index is 14.3. The molecule has 7 aromatic rings. The molecule has 0 radical (unpaired) electrons. The van der Waals surface area contributed by atoms with Crippen molar-refractivity contribution >= 4 is 53.7 Å². The number of ether oxygens (including phenoxy) is 12. The van der Waals surface area contributed by atoms with Crippen LogP contribution in [0.3, 0.4) is 0 Å². The van der Waals surface area contributed by atoms with Gasteiger partial charge in [-0.3, -0.25) is 9.59 Å². The molecule has 1 heterocycles. The van der Waals surface area contributed by atoms with Gasteiger partial charge in [0.2, 0.25) is 0 Å². The van der Waals surface area contributed by atoms with Crippen molar-refractivity contribution in [2.45, 2.75) is 107 Å². The number of carbonyl (C=O) groups excluding carboxylic acids is 9. The van der Waals surface area contributed by atoms with Gasteiger partial charge in [0.25, 0.3) is 0 Å². The van der Waals surface area contributed by atoms with Crippen molar-refractivity contribution in [3.8, 4) is 0 Å². The number of aliphatic hydroxyl groups excluding tert-OH is 3. The molecule has 0 amide bonds. The van der Waals surface area contributed by atoms with Gasteiger partial charge in [0.15, 0.2) is 49.4 Å². The highest BCUT2D eigenvalue weighted by molar-refractivity contribution is 5.93. The minimum absolute atomic E-state index is 0.0120. The Morgan fingerprint density at radius 2 is 0.740 bits per heavy atom. The van der Waals surface area contributed by atoms with Crippen molar-refractivity contribution in [3.05, 3.63) is 251 Å². The summed E-state index contributed by atoms with van der Waals surface area (Å²) < 4.78 is 71.0. The first-order chi connectivity index (χ1) is 46.3. The van der Waals surface area contributed by atoms with Gasteiger partial charge in [-0.1, -0.05) is 127 Å². The van der Waals surface area contributed by atoms with Gasteiger partial charge in [0.1, 0.15) is 37.1 Å². The average molecular weight is 1320 g/mol. The third-order valence-corrected chi connectivity index (χ3v) is 14.5. The summed E-state index contributed by atoms with van der Waals surface area (Å²) in [6.07, 6.45) is -29.4. The molecule has 25 heteroatoms. The van der Waals surface area contributed by atoms with E-state index in [9.17, 15) is 63.6 Å². The van der Waals surface area contributed by atoms with Gasteiger partial charge < -0.3 is 77.3 Å². The fourth-order valence-electron chi connectivity index (χ4n) is 9.85. The number of hydrogen-bond acceptors (Lipinski definition) is 25. The summed E-state index contributed by atoms with van der Waals surface area (Å²) in [5.74, 6) is -9.46. The molecular weight excluding hydrogens is 1250 g/mol. The van der Waals surface area contributed by atoms with Crippen LogP contribution in [0.2, 0.25) is 0 Å². The highest BCUT2D eigenvalue weighted by Crippen LogP contribution is 2.33. The highest BCUT2D eigenvalue weighted by atomic mass is 16.7. The van der Waals surface area contributed by atoms with Crippen LogP contribution in [0.25, 0.3) is 0 Å². The number of hydrogen-bond donors (Lipinski definition) is 4. The molecule has 502 valence electrons. The second-order valence-electron chi connectivity index (χ2n) is 21.3. The SMILES string of the molecule is CC(=O)OC(CCOC(O)C(OC(=O)c1ccccc1)C(OC(=O)c1ccccc1)C(CCOC(=O)c1ccccc1)OC(=O)c1ccccc1)C(OC1OC(COC(=O)c2ccccc2)C(OC(=O)c2ccccc2)C(O)C1OC(=O)c1ccccc1)C(OC(C)=O)C(O)O. The summed E-state index contributed by atoms with van der Waals surface area (Å²) in [5.41, 5.74) is -0.0990. The van der Waals surface area contributed by atoms with E-state index in [4.69, 9.17) is 56.8 Å². The molecule has 0 saturated carbocycles. The Bertz CT molecular complexity index is 3660. The Morgan fingerprint density at radius 3 is 1.16 bits per heavy atom. The van der Waals surface area contributed by atoms with E-state index in [1.54, 1.807) is 66.7 Å². The summed E-state index contributed by atoms with van der Waals surface area (Å²) in [6, 6.07) is 52.3. The fourth-order valence-corrected chi connectivity index (χ4v) is 9.85. The zero-order valence-corrected chi connectivity index (χ0v) is 51.6. The first-order valence-corrected chi connectivity index (χ1v) is 30.1. The third kappa shape index (κ3) is 20.5. The van der Waals surface area contributed by atoms with Crippen molar-refractivity contribution in [1.29, 1.82) is 0 Å². The Kier molecular flexibility index (Phi) is 26.5. The molecule has 1 aliphatic heterocycles. The molecule has 12 atom stereocenters. The second kappa shape index (κ2) is 35.7. The lowest BCUT2D eigenvalue weighted by atomic mass is 9.97. The minimum Gasteiger partial charge on any atom is -0.462 e. The fraction of sp³-hybridized carbons (Fsp3) is 0.282. The molecule has 1 saturated heterocycles. The predicted octanol–water partition coefficient (Wildman–Crippen LogP) is 6.59. The van der Waals surface area contributed by atoms with Gasteiger partial charge in [0, 0.05) is 26.7 Å². The molecule has 0 aromatic heterocycles. The van der Waals surface area contributed by atoms with Crippen LogP contribution in [0.15, 0.2) is 212 Å². The van der Waals surface area contributed by atoms with Crippen molar-refractivity contribution in [1.82, 2.24) is 0 Å². The first-order valence-electron chi connectivity index (χ1n) is 30.1. The van der Waals surface area contributed by atoms with Crippen LogP contribution in [-0.4, -0.2) is 174 Å². The molecule has 1 aliphatic rings. The van der Waals surface area contributed by atoms with Crippen LogP contribution in [-0.2, 0) is 66.4 Å². The Hall–Kier alpha value is -10.5. The van der Waals surface area contributed by atoms with E-state index in [2.05, 4.69) is 0 Å². The molecule has 4 N–H and O–H groups in total. The Balaban J connectivity index is 1.17. The zero-order valence-electron chi connectivity index (χ0n) is 51.6. The normalized spacial score (nSPS) is 18.0. The number of carbonyl (C=O) groups is 9. The molecule has 0 aliphatic carbocycles. The maximum Gasteiger partial charge on any atom is 0.338 e. The molecule has 96 heavy (non-hydrogen) atoms. The van der Waals surface area contributed by atoms with E-state index >= 15 is 0 Å². The van der Waals surface area contributed by atoms with Crippen LogP contribution >= 0.6 is 0 Å². The van der Waals surface area contributed by atoms with E-state index in [0.717, 1.165) is 13.8 Å². The largest absolute Gasteiger partial charge is 0.462 e. The summed E-state index contributed by atoms with van der Waals surface area (Å²) in [4.78, 5) is 124. The van der Waals surface area contributed by atoms with Gasteiger partial charge in [-0.25, -0.2) is 33.6 Å². The summed E-state index contributed by atoms with van der Waals surface area (Å²) in [7, 11) is 0. The van der Waals surface area contributed by atoms with Crippen molar-refractivity contribution < 1.29 is 120 Å². The molecule has 1 fully saturated rings. The third-order valence-electron chi connectivity index (χ3n) is 14.5. The van der Waals surface area contributed by atoms with E-state index in [1.807, 2.05) is 0 Å². The number of rotatable bonds is 31. The van der Waals surface area contributed by atoms with Gasteiger partial charge in [-0.15, -0.1) is 0 Å². The van der Waals surface area contributed by atoms with Crippen LogP contribution in [0, 0.1) is 0 Å². The smallest absolute Gasteiger partial charge is 0.338 e. The van der Waals surface area contributed by atoms with Gasteiger partial charge in [-0.2, -0.15) is 0 Å². The summed E-state index contributed by atoms with van der Waals surface area (Å²) >= 11 is 0. The standard InChI is InChI=1S/C71H68O25/c1-43(72)88-52(57(60(62(75)76)89-44(2)73)96-71-59(94-68(82)50-34-20-8-21-35-50)55(74)56(92-66(80)48-30-16-6-17-31-48)54(91-71)42-87-64(78)46-26-12-4-13-27-46)38-41-86-70(84)61(95-69(83)51-36-22-9-23-37-51)58(93-67(81)49-32-18-7-19-33-49)53(90-65(79)47-28-14-5-15-29-47)39-40-85-63(77)45-24-10-3-11-25-45/h3-37,52-62,70-71,74-76,84H,38-42H2,1-2H3. The van der Waals surface area contributed by atoms with Crippen LogP contribution in [0.1, 0.15) is 99.2 Å². The molecule has 0 spiro atoms. The topological polar surface area (TPSA) is 345 Å².